The molecule has 0 aliphatic carbocycles. The van der Waals surface area contributed by atoms with Gasteiger partial charge in [-0.25, -0.2) is 0 Å². The normalized spacial score (nSPS) is 10.3. The summed E-state index contributed by atoms with van der Waals surface area (Å²) in [6, 6.07) is 7.67. The zero-order valence-electron chi connectivity index (χ0n) is 9.58. The third-order valence-electron chi connectivity index (χ3n) is 2.58. The number of benzene rings is 1. The highest BCUT2D eigenvalue weighted by atomic mass is 79.9. The minimum Gasteiger partial charge on any atom is -0.320 e. The Morgan fingerprint density at radius 1 is 1.29 bits per heavy atom. The Morgan fingerprint density at radius 3 is 2.65 bits per heavy atom. The maximum atomic E-state index is 11.9. The molecule has 1 heterocycles. The van der Waals surface area contributed by atoms with E-state index in [-0.39, 0.29) is 5.91 Å². The van der Waals surface area contributed by atoms with Crippen molar-refractivity contribution < 1.29 is 4.79 Å². The monoisotopic (exact) mass is 309 g/mol. The van der Waals surface area contributed by atoms with E-state index in [2.05, 4.69) is 21.2 Å². The standard InChI is InChI=1S/C13H12BrNOS/c1-8-6-10(14)11(7-9(8)2)15-13(16)12-4-3-5-17-12/h3-7H,1-2H3,(H,15,16). The molecule has 1 amide bonds. The number of anilines is 1. The van der Waals surface area contributed by atoms with Crippen molar-refractivity contribution in [1.82, 2.24) is 0 Å². The molecule has 88 valence electrons. The van der Waals surface area contributed by atoms with Crippen LogP contribution in [0.25, 0.3) is 0 Å². The van der Waals surface area contributed by atoms with Crippen molar-refractivity contribution in [2.24, 2.45) is 0 Å². The predicted molar refractivity (Wildman–Crippen MR) is 75.9 cm³/mol. The Morgan fingerprint density at radius 2 is 2.00 bits per heavy atom. The highest BCUT2D eigenvalue weighted by molar-refractivity contribution is 9.10. The van der Waals surface area contributed by atoms with Crippen LogP contribution >= 0.6 is 27.3 Å². The van der Waals surface area contributed by atoms with Crippen LogP contribution in [0.5, 0.6) is 0 Å². The molecule has 0 aliphatic rings. The number of carbonyl (C=O) groups excluding carboxylic acids is 1. The molecule has 17 heavy (non-hydrogen) atoms. The largest absolute Gasteiger partial charge is 0.320 e. The SMILES string of the molecule is Cc1cc(Br)c(NC(=O)c2cccs2)cc1C. The van der Waals surface area contributed by atoms with Gasteiger partial charge >= 0.3 is 0 Å². The van der Waals surface area contributed by atoms with Gasteiger partial charge in [0.1, 0.15) is 0 Å². The smallest absolute Gasteiger partial charge is 0.265 e. The summed E-state index contributed by atoms with van der Waals surface area (Å²) < 4.78 is 0.908. The number of thiophene rings is 1. The molecule has 4 heteroatoms. The van der Waals surface area contributed by atoms with E-state index in [1.165, 1.54) is 16.9 Å². The number of hydrogen-bond acceptors (Lipinski definition) is 2. The molecule has 2 nitrogen and oxygen atoms in total. The van der Waals surface area contributed by atoms with Gasteiger partial charge in [-0.3, -0.25) is 4.79 Å². The number of hydrogen-bond donors (Lipinski definition) is 1. The Kier molecular flexibility index (Phi) is 3.64. The summed E-state index contributed by atoms with van der Waals surface area (Å²) in [5.74, 6) is -0.0658. The molecule has 0 radical (unpaired) electrons. The van der Waals surface area contributed by atoms with Crippen molar-refractivity contribution >= 4 is 38.9 Å². The molecule has 0 atom stereocenters. The quantitative estimate of drug-likeness (QED) is 0.876. The third-order valence-corrected chi connectivity index (χ3v) is 4.10. The fourth-order valence-corrected chi connectivity index (χ4v) is 2.64. The Bertz CT molecular complexity index is 549. The fraction of sp³-hybridized carbons (Fsp3) is 0.154. The van der Waals surface area contributed by atoms with Gasteiger partial charge in [0.15, 0.2) is 0 Å². The van der Waals surface area contributed by atoms with E-state index in [1.807, 2.05) is 43.5 Å². The van der Waals surface area contributed by atoms with Crippen LogP contribution in [0.2, 0.25) is 0 Å². The highest BCUT2D eigenvalue weighted by Crippen LogP contribution is 2.26. The second kappa shape index (κ2) is 5.02. The van der Waals surface area contributed by atoms with Crippen molar-refractivity contribution in [3.05, 3.63) is 50.1 Å². The van der Waals surface area contributed by atoms with Crippen molar-refractivity contribution in [3.63, 3.8) is 0 Å². The predicted octanol–water partition coefficient (Wildman–Crippen LogP) is 4.38. The lowest BCUT2D eigenvalue weighted by atomic mass is 10.1. The van der Waals surface area contributed by atoms with Crippen molar-refractivity contribution in [3.8, 4) is 0 Å². The number of amides is 1. The minimum atomic E-state index is -0.0658. The third kappa shape index (κ3) is 2.76. The number of aryl methyl sites for hydroxylation is 2. The zero-order valence-corrected chi connectivity index (χ0v) is 12.0. The van der Waals surface area contributed by atoms with E-state index in [4.69, 9.17) is 0 Å². The van der Waals surface area contributed by atoms with Crippen LogP contribution in [-0.4, -0.2) is 5.91 Å². The summed E-state index contributed by atoms with van der Waals surface area (Å²) in [4.78, 5) is 12.6. The average Bonchev–Trinajstić information content (AvgIpc) is 2.79. The summed E-state index contributed by atoms with van der Waals surface area (Å²) in [5, 5.41) is 4.80. The van der Waals surface area contributed by atoms with Gasteiger partial charge in [0.2, 0.25) is 0 Å². The van der Waals surface area contributed by atoms with Crippen LogP contribution in [-0.2, 0) is 0 Å². The minimum absolute atomic E-state index is 0.0658. The first-order valence-corrected chi connectivity index (χ1v) is 6.87. The molecule has 0 unspecified atom stereocenters. The number of rotatable bonds is 2. The molecule has 0 bridgehead atoms. The molecule has 0 fully saturated rings. The molecule has 0 saturated heterocycles. The molecular formula is C13H12BrNOS. The molecule has 0 spiro atoms. The van der Waals surface area contributed by atoms with Gasteiger partial charge in [0, 0.05) is 4.47 Å². The van der Waals surface area contributed by atoms with E-state index in [9.17, 15) is 4.79 Å². The average molecular weight is 310 g/mol. The van der Waals surface area contributed by atoms with Crippen LogP contribution in [0.4, 0.5) is 5.69 Å². The molecule has 1 aromatic heterocycles. The van der Waals surface area contributed by atoms with Gasteiger partial charge in [-0.05, 0) is 64.5 Å². The van der Waals surface area contributed by atoms with Gasteiger partial charge in [0.25, 0.3) is 5.91 Å². The van der Waals surface area contributed by atoms with Crippen molar-refractivity contribution in [2.75, 3.05) is 5.32 Å². The van der Waals surface area contributed by atoms with Crippen molar-refractivity contribution in [1.29, 1.82) is 0 Å². The summed E-state index contributed by atoms with van der Waals surface area (Å²) in [6.45, 7) is 4.08. The summed E-state index contributed by atoms with van der Waals surface area (Å²) in [5.41, 5.74) is 3.17. The van der Waals surface area contributed by atoms with Gasteiger partial charge < -0.3 is 5.32 Å². The number of nitrogens with one attached hydrogen (secondary N) is 1. The second-order valence-electron chi connectivity index (χ2n) is 3.85. The Labute approximate surface area is 113 Å². The van der Waals surface area contributed by atoms with Gasteiger partial charge in [-0.15, -0.1) is 11.3 Å². The maximum Gasteiger partial charge on any atom is 0.265 e. The van der Waals surface area contributed by atoms with Crippen LogP contribution in [0.15, 0.2) is 34.1 Å². The van der Waals surface area contributed by atoms with Crippen LogP contribution in [0.3, 0.4) is 0 Å². The van der Waals surface area contributed by atoms with Gasteiger partial charge in [-0.1, -0.05) is 6.07 Å². The number of halogens is 1. The second-order valence-corrected chi connectivity index (χ2v) is 5.65. The van der Waals surface area contributed by atoms with E-state index >= 15 is 0 Å². The molecule has 2 aromatic rings. The van der Waals surface area contributed by atoms with Crippen molar-refractivity contribution in [2.45, 2.75) is 13.8 Å². The first-order valence-electron chi connectivity index (χ1n) is 5.19. The molecule has 2 rings (SSSR count). The summed E-state index contributed by atoms with van der Waals surface area (Å²) in [7, 11) is 0. The molecule has 0 saturated carbocycles. The topological polar surface area (TPSA) is 29.1 Å². The lowest BCUT2D eigenvalue weighted by Crippen LogP contribution is -2.10. The van der Waals surface area contributed by atoms with Crippen LogP contribution in [0.1, 0.15) is 20.8 Å². The van der Waals surface area contributed by atoms with E-state index in [1.54, 1.807) is 0 Å². The number of carbonyl (C=O) groups is 1. The first kappa shape index (κ1) is 12.3. The molecule has 1 N–H and O–H groups in total. The zero-order chi connectivity index (χ0) is 12.4. The van der Waals surface area contributed by atoms with Gasteiger partial charge in [0.05, 0.1) is 10.6 Å². The lowest BCUT2D eigenvalue weighted by molar-refractivity contribution is 0.103. The summed E-state index contributed by atoms with van der Waals surface area (Å²) >= 11 is 4.90. The Hall–Kier alpha value is -1.13. The van der Waals surface area contributed by atoms with E-state index in [0.717, 1.165) is 20.6 Å². The van der Waals surface area contributed by atoms with Crippen LogP contribution < -0.4 is 5.32 Å². The van der Waals surface area contributed by atoms with E-state index in [0.29, 0.717) is 0 Å². The summed E-state index contributed by atoms with van der Waals surface area (Å²) in [6.07, 6.45) is 0. The Balaban J connectivity index is 2.25. The van der Waals surface area contributed by atoms with Crippen LogP contribution in [0, 0.1) is 13.8 Å². The van der Waals surface area contributed by atoms with E-state index < -0.39 is 0 Å². The molecule has 1 aromatic carbocycles. The fourth-order valence-electron chi connectivity index (χ4n) is 1.47. The van der Waals surface area contributed by atoms with Gasteiger partial charge in [-0.2, -0.15) is 0 Å². The molecule has 0 aliphatic heterocycles. The lowest BCUT2D eigenvalue weighted by Gasteiger charge is -2.09. The molecular weight excluding hydrogens is 298 g/mol. The first-order chi connectivity index (χ1) is 8.08. The maximum absolute atomic E-state index is 11.9. The highest BCUT2D eigenvalue weighted by Gasteiger charge is 2.09.